The van der Waals surface area contributed by atoms with Gasteiger partial charge in [-0.3, -0.25) is 9.59 Å². The molecule has 132 valence electrons. The first kappa shape index (κ1) is 19.5. The van der Waals surface area contributed by atoms with E-state index in [9.17, 15) is 9.59 Å². The minimum atomic E-state index is -0.396. The molecule has 0 saturated heterocycles. The van der Waals surface area contributed by atoms with Crippen molar-refractivity contribution in [3.63, 3.8) is 0 Å². The number of benzene rings is 2. The number of ketones is 1. The van der Waals surface area contributed by atoms with Gasteiger partial charge in [0.05, 0.1) is 0 Å². The van der Waals surface area contributed by atoms with Crippen LogP contribution in [0.2, 0.25) is 0 Å². The third-order valence-corrected chi connectivity index (χ3v) is 4.00. The molecular formula is C21H19BrN2O2. The lowest BCUT2D eigenvalue weighted by Gasteiger charge is -2.08. The van der Waals surface area contributed by atoms with Crippen LogP contribution in [0, 0.1) is 0 Å². The van der Waals surface area contributed by atoms with E-state index in [-0.39, 0.29) is 28.7 Å². The first-order valence-corrected chi connectivity index (χ1v) is 8.11. The Labute approximate surface area is 163 Å². The molecule has 1 N–H and O–H groups in total. The van der Waals surface area contributed by atoms with Crippen molar-refractivity contribution in [3.8, 4) is 0 Å². The number of Topliss-reactive ketones (excluding diaryl/α,β-unsaturated/α-hetero) is 1. The molecule has 3 aromatic rings. The number of nitrogens with zero attached hydrogens (tertiary/aromatic N) is 1. The Morgan fingerprint density at radius 2 is 1.42 bits per heavy atom. The van der Waals surface area contributed by atoms with Crippen molar-refractivity contribution in [2.45, 2.75) is 13.0 Å². The number of carbonyl (C=O) groups is 2. The maximum Gasteiger partial charge on any atom is 0.261 e. The predicted molar refractivity (Wildman–Crippen MR) is 96.5 cm³/mol. The third-order valence-electron chi connectivity index (χ3n) is 4.00. The number of carbonyl (C=O) groups excluding carboxylic acids is 2. The summed E-state index contributed by atoms with van der Waals surface area (Å²) in [7, 11) is 0. The van der Waals surface area contributed by atoms with Gasteiger partial charge in [0.2, 0.25) is 11.8 Å². The first-order valence-electron chi connectivity index (χ1n) is 8.11. The highest BCUT2D eigenvalue weighted by Crippen LogP contribution is 2.11. The molecule has 5 heteroatoms. The Morgan fingerprint density at radius 1 is 0.846 bits per heavy atom. The summed E-state index contributed by atoms with van der Waals surface area (Å²) in [6.07, 6.45) is 3.49. The second-order valence-electron chi connectivity index (χ2n) is 5.77. The van der Waals surface area contributed by atoms with E-state index >= 15 is 0 Å². The van der Waals surface area contributed by atoms with Gasteiger partial charge in [0.1, 0.15) is 5.56 Å². The number of halogens is 1. The quantitative estimate of drug-likeness (QED) is 0.496. The summed E-state index contributed by atoms with van der Waals surface area (Å²) in [6, 6.07) is 21.5. The zero-order chi connectivity index (χ0) is 17.6. The highest BCUT2D eigenvalue weighted by atomic mass is 79.9. The second kappa shape index (κ2) is 9.06. The van der Waals surface area contributed by atoms with Gasteiger partial charge in [-0.15, -0.1) is 0 Å². The van der Waals surface area contributed by atoms with Gasteiger partial charge in [0, 0.05) is 24.2 Å². The van der Waals surface area contributed by atoms with Crippen LogP contribution in [0.3, 0.4) is 0 Å². The normalized spacial score (nSPS) is 11.1. The Bertz CT molecular complexity index is 883. The number of anilines is 1. The molecule has 0 saturated carbocycles. The molecule has 1 atom stereocenters. The van der Waals surface area contributed by atoms with Crippen molar-refractivity contribution < 1.29 is 31.1 Å². The fourth-order valence-electron chi connectivity index (χ4n) is 2.57. The van der Waals surface area contributed by atoms with E-state index in [0.29, 0.717) is 11.1 Å². The summed E-state index contributed by atoms with van der Waals surface area (Å²) in [5, 5.41) is 2.85. The van der Waals surface area contributed by atoms with Crippen LogP contribution in [0.5, 0.6) is 0 Å². The maximum absolute atomic E-state index is 12.6. The topological polar surface area (TPSA) is 50.0 Å². The number of nitrogens with one attached hydrogen (secondary N) is 1. The van der Waals surface area contributed by atoms with Crippen molar-refractivity contribution >= 4 is 17.4 Å². The molecule has 1 amide bonds. The number of aromatic nitrogens is 1. The molecular weight excluding hydrogens is 392 g/mol. The van der Waals surface area contributed by atoms with E-state index < -0.39 is 6.04 Å². The van der Waals surface area contributed by atoms with Crippen LogP contribution in [0.25, 0.3) is 0 Å². The molecule has 0 aliphatic carbocycles. The largest absolute Gasteiger partial charge is 1.00 e. The van der Waals surface area contributed by atoms with Crippen molar-refractivity contribution in [3.05, 3.63) is 96.3 Å². The minimum absolute atomic E-state index is 0. The van der Waals surface area contributed by atoms with Gasteiger partial charge in [-0.05, 0) is 18.2 Å². The van der Waals surface area contributed by atoms with Crippen LogP contribution in [-0.2, 0) is 0 Å². The van der Waals surface area contributed by atoms with Crippen molar-refractivity contribution in [2.75, 3.05) is 5.32 Å². The summed E-state index contributed by atoms with van der Waals surface area (Å²) in [5.41, 5.74) is 1.89. The van der Waals surface area contributed by atoms with Gasteiger partial charge in [-0.1, -0.05) is 48.5 Å². The molecule has 0 radical (unpaired) electrons. The van der Waals surface area contributed by atoms with E-state index in [0.717, 1.165) is 5.69 Å². The Morgan fingerprint density at radius 3 is 2.08 bits per heavy atom. The number of pyridine rings is 1. The Balaban J connectivity index is 0.00000243. The fraction of sp³-hybridized carbons (Fsp3) is 0.0952. The average Bonchev–Trinajstić information content (AvgIpc) is 2.68. The zero-order valence-electron chi connectivity index (χ0n) is 14.3. The van der Waals surface area contributed by atoms with E-state index in [1.165, 1.54) is 0 Å². The van der Waals surface area contributed by atoms with Gasteiger partial charge in [-0.25, -0.2) is 0 Å². The van der Waals surface area contributed by atoms with Crippen LogP contribution in [0.1, 0.15) is 33.7 Å². The highest BCUT2D eigenvalue weighted by Gasteiger charge is 2.24. The van der Waals surface area contributed by atoms with Gasteiger partial charge in [-0.2, -0.15) is 4.57 Å². The monoisotopic (exact) mass is 410 g/mol. The molecule has 0 aliphatic heterocycles. The average molecular weight is 411 g/mol. The molecule has 4 nitrogen and oxygen atoms in total. The Kier molecular flexibility index (Phi) is 6.81. The highest BCUT2D eigenvalue weighted by molar-refractivity contribution is 6.04. The number of hydrogen-bond acceptors (Lipinski definition) is 2. The van der Waals surface area contributed by atoms with Crippen LogP contribution >= 0.6 is 0 Å². The minimum Gasteiger partial charge on any atom is -1.00 e. The molecule has 2 aromatic carbocycles. The smallest absolute Gasteiger partial charge is 0.261 e. The van der Waals surface area contributed by atoms with Crippen LogP contribution in [0.15, 0.2) is 85.2 Å². The van der Waals surface area contributed by atoms with E-state index in [2.05, 4.69) is 5.32 Å². The van der Waals surface area contributed by atoms with Gasteiger partial charge in [0.25, 0.3) is 5.91 Å². The lowest BCUT2D eigenvalue weighted by Crippen LogP contribution is -3.00. The summed E-state index contributed by atoms with van der Waals surface area (Å²) < 4.78 is 1.76. The Hall–Kier alpha value is -2.79. The molecule has 0 aliphatic rings. The summed E-state index contributed by atoms with van der Waals surface area (Å²) in [6.45, 7) is 1.83. The number of para-hydroxylation sites is 1. The lowest BCUT2D eigenvalue weighted by atomic mass is 10.1. The molecule has 1 unspecified atom stereocenters. The predicted octanol–water partition coefficient (Wildman–Crippen LogP) is 0.674. The van der Waals surface area contributed by atoms with Crippen LogP contribution in [0.4, 0.5) is 5.69 Å². The molecule has 0 bridgehead atoms. The molecule has 0 fully saturated rings. The summed E-state index contributed by atoms with van der Waals surface area (Å²) >= 11 is 0. The van der Waals surface area contributed by atoms with Crippen molar-refractivity contribution in [2.24, 2.45) is 0 Å². The lowest BCUT2D eigenvalue weighted by molar-refractivity contribution is -0.704. The number of amides is 1. The van der Waals surface area contributed by atoms with Crippen LogP contribution in [-0.4, -0.2) is 11.7 Å². The van der Waals surface area contributed by atoms with E-state index in [1.54, 1.807) is 41.2 Å². The van der Waals surface area contributed by atoms with Gasteiger partial charge < -0.3 is 22.3 Å². The molecule has 0 spiro atoms. The molecule has 1 aromatic heterocycles. The summed E-state index contributed by atoms with van der Waals surface area (Å²) in [4.78, 5) is 25.0. The number of rotatable bonds is 5. The summed E-state index contributed by atoms with van der Waals surface area (Å²) in [5.74, 6) is -0.203. The van der Waals surface area contributed by atoms with Gasteiger partial charge in [0.15, 0.2) is 12.4 Å². The molecule has 3 rings (SSSR count). The van der Waals surface area contributed by atoms with Crippen molar-refractivity contribution in [1.82, 2.24) is 0 Å². The molecule has 1 heterocycles. The molecule has 26 heavy (non-hydrogen) atoms. The number of hydrogen-bond donors (Lipinski definition) is 1. The maximum atomic E-state index is 12.6. The van der Waals surface area contributed by atoms with E-state index in [1.807, 2.05) is 55.5 Å². The second-order valence-corrected chi connectivity index (χ2v) is 5.77. The van der Waals surface area contributed by atoms with Crippen molar-refractivity contribution in [1.29, 1.82) is 0 Å². The first-order chi connectivity index (χ1) is 12.1. The van der Waals surface area contributed by atoms with E-state index in [4.69, 9.17) is 0 Å². The van der Waals surface area contributed by atoms with Crippen LogP contribution < -0.4 is 26.9 Å². The fourth-order valence-corrected chi connectivity index (χ4v) is 2.57. The SMILES string of the molecule is CC(C(=O)c1ccccc1)[n+]1cccc(C(=O)Nc2ccccc2)c1.[Br-]. The standard InChI is InChI=1S/C21H18N2O2.BrH/c1-16(20(24)17-9-4-2-5-10-17)23-14-8-11-18(15-23)21(25)22-19-12-6-3-7-13-19;/h2-16H,1H3;1H. The van der Waals surface area contributed by atoms with Gasteiger partial charge >= 0.3 is 0 Å². The zero-order valence-corrected chi connectivity index (χ0v) is 15.9. The third kappa shape index (κ3) is 4.64.